The second kappa shape index (κ2) is 4.53. The minimum absolute atomic E-state index is 0.0635. The number of nitrogens with zero attached hydrogens (tertiary/aromatic N) is 2. The van der Waals surface area contributed by atoms with E-state index in [1.165, 1.54) is 12.3 Å². The minimum Gasteiger partial charge on any atom is -0.292 e. The molecule has 0 aliphatic carbocycles. The highest BCUT2D eigenvalue weighted by atomic mass is 19.1. The van der Waals surface area contributed by atoms with Crippen LogP contribution in [-0.4, -0.2) is 34.3 Å². The van der Waals surface area contributed by atoms with Gasteiger partial charge in [-0.25, -0.2) is 4.39 Å². The van der Waals surface area contributed by atoms with Crippen LogP contribution in [0.4, 0.5) is 4.39 Å². The predicted octanol–water partition coefficient (Wildman–Crippen LogP) is 2.28. The molecule has 1 aromatic rings. The molecule has 0 amide bonds. The number of pyridine rings is 1. The van der Waals surface area contributed by atoms with Crippen molar-refractivity contribution in [2.45, 2.75) is 32.2 Å². The summed E-state index contributed by atoms with van der Waals surface area (Å²) in [6, 6.07) is 1.26. The molecule has 4 heteroatoms. The van der Waals surface area contributed by atoms with E-state index in [1.807, 2.05) is 13.8 Å². The zero-order valence-electron chi connectivity index (χ0n) is 10.2. The molecule has 3 nitrogen and oxygen atoms in total. The van der Waals surface area contributed by atoms with E-state index in [2.05, 4.69) is 9.88 Å². The van der Waals surface area contributed by atoms with Gasteiger partial charge in [-0.15, -0.1) is 0 Å². The molecule has 1 aliphatic heterocycles. The quantitative estimate of drug-likeness (QED) is 0.755. The summed E-state index contributed by atoms with van der Waals surface area (Å²) in [7, 11) is 0. The van der Waals surface area contributed by atoms with E-state index in [0.717, 1.165) is 32.1 Å². The maximum absolute atomic E-state index is 13.1. The molecule has 0 bridgehead atoms. The Morgan fingerprint density at radius 1 is 1.35 bits per heavy atom. The number of Topliss-reactive ketones (excluding diaryl/α,β-unsaturated/α-hetero) is 1. The van der Waals surface area contributed by atoms with Crippen molar-refractivity contribution in [3.05, 3.63) is 29.8 Å². The molecule has 0 spiro atoms. The Morgan fingerprint density at radius 3 is 2.59 bits per heavy atom. The van der Waals surface area contributed by atoms with Crippen LogP contribution in [0.5, 0.6) is 0 Å². The Labute approximate surface area is 101 Å². The Balaban J connectivity index is 2.24. The number of hydrogen-bond donors (Lipinski definition) is 0. The van der Waals surface area contributed by atoms with E-state index in [1.54, 1.807) is 0 Å². The van der Waals surface area contributed by atoms with Crippen molar-refractivity contribution in [1.82, 2.24) is 9.88 Å². The molecule has 1 aliphatic rings. The van der Waals surface area contributed by atoms with Crippen molar-refractivity contribution >= 4 is 5.78 Å². The molecular weight excluding hydrogens is 219 g/mol. The number of halogens is 1. The van der Waals surface area contributed by atoms with Gasteiger partial charge in [0.05, 0.1) is 11.7 Å². The van der Waals surface area contributed by atoms with Gasteiger partial charge in [0.15, 0.2) is 5.78 Å². The third kappa shape index (κ3) is 2.36. The zero-order valence-corrected chi connectivity index (χ0v) is 10.2. The fourth-order valence-corrected chi connectivity index (χ4v) is 2.31. The number of carbonyl (C=O) groups excluding carboxylic acids is 1. The van der Waals surface area contributed by atoms with E-state index < -0.39 is 11.4 Å². The van der Waals surface area contributed by atoms with Crippen molar-refractivity contribution in [2.24, 2.45) is 0 Å². The van der Waals surface area contributed by atoms with Crippen LogP contribution < -0.4 is 0 Å². The highest BCUT2D eigenvalue weighted by molar-refractivity contribution is 6.02. The van der Waals surface area contributed by atoms with Crippen molar-refractivity contribution in [2.75, 3.05) is 13.1 Å². The topological polar surface area (TPSA) is 33.2 Å². The van der Waals surface area contributed by atoms with Crippen LogP contribution in [0.2, 0.25) is 0 Å². The molecule has 1 aromatic heterocycles. The summed E-state index contributed by atoms with van der Waals surface area (Å²) in [5.74, 6) is -0.528. The lowest BCUT2D eigenvalue weighted by Gasteiger charge is -2.33. The Bertz CT molecular complexity index is 425. The molecule has 1 fully saturated rings. The number of carbonyl (C=O) groups is 1. The predicted molar refractivity (Wildman–Crippen MR) is 63.4 cm³/mol. The van der Waals surface area contributed by atoms with Crippen LogP contribution in [0.3, 0.4) is 0 Å². The van der Waals surface area contributed by atoms with Gasteiger partial charge < -0.3 is 0 Å². The summed E-state index contributed by atoms with van der Waals surface area (Å²) in [6.07, 6.45) is 4.79. The van der Waals surface area contributed by atoms with Crippen LogP contribution in [0, 0.1) is 5.82 Å². The molecule has 2 heterocycles. The molecule has 2 rings (SSSR count). The fraction of sp³-hybridized carbons (Fsp3) is 0.538. The van der Waals surface area contributed by atoms with Crippen LogP contribution in [0.15, 0.2) is 18.5 Å². The van der Waals surface area contributed by atoms with Crippen LogP contribution in [0.1, 0.15) is 37.0 Å². The fourth-order valence-electron chi connectivity index (χ4n) is 2.31. The third-order valence-corrected chi connectivity index (χ3v) is 3.42. The van der Waals surface area contributed by atoms with Gasteiger partial charge in [-0.3, -0.25) is 14.7 Å². The normalized spacial score (nSPS) is 17.4. The van der Waals surface area contributed by atoms with Gasteiger partial charge in [-0.1, -0.05) is 0 Å². The van der Waals surface area contributed by atoms with E-state index in [4.69, 9.17) is 0 Å². The molecule has 92 valence electrons. The molecule has 1 saturated heterocycles. The average Bonchev–Trinajstić information content (AvgIpc) is 2.82. The van der Waals surface area contributed by atoms with Gasteiger partial charge in [0.2, 0.25) is 0 Å². The number of likely N-dealkylation sites (tertiary alicyclic amines) is 1. The number of ketones is 1. The first-order chi connectivity index (χ1) is 8.01. The summed E-state index contributed by atoms with van der Waals surface area (Å²) in [6.45, 7) is 5.65. The highest BCUT2D eigenvalue weighted by Crippen LogP contribution is 2.24. The smallest absolute Gasteiger partial charge is 0.184 e. The standard InChI is InChI=1S/C13H17FN2O/c1-13(2,16-5-3-4-6-16)12(17)10-7-11(14)9-15-8-10/h7-9H,3-6H2,1-2H3. The summed E-state index contributed by atoms with van der Waals surface area (Å²) >= 11 is 0. The van der Waals surface area contributed by atoms with Crippen molar-refractivity contribution in [3.8, 4) is 0 Å². The Hall–Kier alpha value is -1.29. The van der Waals surface area contributed by atoms with E-state index in [9.17, 15) is 9.18 Å². The van der Waals surface area contributed by atoms with Gasteiger partial charge in [0.1, 0.15) is 5.82 Å². The van der Waals surface area contributed by atoms with Gasteiger partial charge in [-0.2, -0.15) is 0 Å². The van der Waals surface area contributed by atoms with Crippen LogP contribution in [0.25, 0.3) is 0 Å². The summed E-state index contributed by atoms with van der Waals surface area (Å²) in [4.78, 5) is 18.2. The first-order valence-electron chi connectivity index (χ1n) is 5.92. The molecule has 0 unspecified atom stereocenters. The van der Waals surface area contributed by atoms with Crippen LogP contribution in [-0.2, 0) is 0 Å². The Morgan fingerprint density at radius 2 is 2.00 bits per heavy atom. The highest BCUT2D eigenvalue weighted by Gasteiger charge is 2.36. The van der Waals surface area contributed by atoms with Crippen molar-refractivity contribution in [3.63, 3.8) is 0 Å². The van der Waals surface area contributed by atoms with Gasteiger partial charge in [0, 0.05) is 11.8 Å². The van der Waals surface area contributed by atoms with E-state index in [-0.39, 0.29) is 5.78 Å². The number of aromatic nitrogens is 1. The third-order valence-electron chi connectivity index (χ3n) is 3.42. The lowest BCUT2D eigenvalue weighted by molar-refractivity contribution is 0.0702. The number of hydrogen-bond acceptors (Lipinski definition) is 3. The number of rotatable bonds is 3. The maximum atomic E-state index is 13.1. The molecule has 17 heavy (non-hydrogen) atoms. The lowest BCUT2D eigenvalue weighted by atomic mass is 9.92. The van der Waals surface area contributed by atoms with E-state index >= 15 is 0 Å². The first kappa shape index (κ1) is 12.2. The largest absolute Gasteiger partial charge is 0.292 e. The van der Waals surface area contributed by atoms with Crippen LogP contribution >= 0.6 is 0 Å². The molecule has 0 radical (unpaired) electrons. The maximum Gasteiger partial charge on any atom is 0.184 e. The summed E-state index contributed by atoms with van der Waals surface area (Å²) in [5.41, 5.74) is -0.228. The summed E-state index contributed by atoms with van der Waals surface area (Å²) < 4.78 is 13.1. The van der Waals surface area contributed by atoms with Crippen molar-refractivity contribution in [1.29, 1.82) is 0 Å². The summed E-state index contributed by atoms with van der Waals surface area (Å²) in [5, 5.41) is 0. The monoisotopic (exact) mass is 236 g/mol. The molecule has 0 atom stereocenters. The average molecular weight is 236 g/mol. The van der Waals surface area contributed by atoms with Gasteiger partial charge in [-0.05, 0) is 45.8 Å². The van der Waals surface area contributed by atoms with Crippen molar-refractivity contribution < 1.29 is 9.18 Å². The second-order valence-electron chi connectivity index (χ2n) is 4.97. The lowest BCUT2D eigenvalue weighted by Crippen LogP contribution is -2.48. The SMILES string of the molecule is CC(C)(C(=O)c1cncc(F)c1)N1CCCC1. The molecule has 0 aromatic carbocycles. The first-order valence-corrected chi connectivity index (χ1v) is 5.92. The second-order valence-corrected chi connectivity index (χ2v) is 4.97. The molecule has 0 saturated carbocycles. The molecule has 0 N–H and O–H groups in total. The van der Waals surface area contributed by atoms with E-state index in [0.29, 0.717) is 5.56 Å². The Kier molecular flexibility index (Phi) is 3.24. The minimum atomic E-state index is -0.577. The van der Waals surface area contributed by atoms with Gasteiger partial charge in [0.25, 0.3) is 0 Å². The molecular formula is C13H17FN2O. The zero-order chi connectivity index (χ0) is 12.5. The van der Waals surface area contributed by atoms with Gasteiger partial charge >= 0.3 is 0 Å².